The van der Waals surface area contributed by atoms with E-state index in [2.05, 4.69) is 36.8 Å². The van der Waals surface area contributed by atoms with Gasteiger partial charge in [0.2, 0.25) is 0 Å². The molecule has 1 aliphatic rings. The first kappa shape index (κ1) is 16.4. The summed E-state index contributed by atoms with van der Waals surface area (Å²) >= 11 is 6.34. The predicted molar refractivity (Wildman–Crippen MR) is 82.3 cm³/mol. The van der Waals surface area contributed by atoms with Gasteiger partial charge in [-0.3, -0.25) is 14.3 Å². The van der Waals surface area contributed by atoms with Crippen molar-refractivity contribution in [3.63, 3.8) is 0 Å². The lowest BCUT2D eigenvalue weighted by Gasteiger charge is -2.16. The SMILES string of the molecule is O=c1ccn(C2OC(/C=C/C=C(Br)Br)C(O)C2O)c(=O)[nH]1. The molecule has 114 valence electrons. The number of nitrogens with one attached hydrogen (secondary N) is 1. The fourth-order valence-electron chi connectivity index (χ4n) is 1.94. The van der Waals surface area contributed by atoms with E-state index in [0.717, 1.165) is 10.6 Å². The van der Waals surface area contributed by atoms with E-state index in [1.165, 1.54) is 6.20 Å². The highest BCUT2D eigenvalue weighted by Gasteiger charge is 2.42. The van der Waals surface area contributed by atoms with Crippen LogP contribution in [0.4, 0.5) is 0 Å². The topological polar surface area (TPSA) is 105 Å². The van der Waals surface area contributed by atoms with Gasteiger partial charge in [0.25, 0.3) is 5.56 Å². The molecule has 1 aromatic rings. The van der Waals surface area contributed by atoms with Crippen molar-refractivity contribution in [3.05, 3.63) is 54.7 Å². The van der Waals surface area contributed by atoms with E-state index in [9.17, 15) is 19.8 Å². The molecule has 0 bridgehead atoms. The summed E-state index contributed by atoms with van der Waals surface area (Å²) < 4.78 is 7.20. The molecule has 1 aliphatic heterocycles. The molecular weight excluding hydrogens is 412 g/mol. The molecule has 0 saturated carbocycles. The Morgan fingerprint density at radius 2 is 2.05 bits per heavy atom. The van der Waals surface area contributed by atoms with Crippen molar-refractivity contribution in [1.29, 1.82) is 0 Å². The van der Waals surface area contributed by atoms with E-state index < -0.39 is 35.8 Å². The van der Waals surface area contributed by atoms with E-state index in [1.807, 2.05) is 0 Å². The Kier molecular flexibility index (Phi) is 5.33. The average Bonchev–Trinajstić information content (AvgIpc) is 2.67. The van der Waals surface area contributed by atoms with Crippen molar-refractivity contribution in [3.8, 4) is 0 Å². The van der Waals surface area contributed by atoms with Crippen LogP contribution in [-0.4, -0.2) is 38.1 Å². The number of H-pyrrole nitrogens is 1. The highest BCUT2D eigenvalue weighted by atomic mass is 79.9. The van der Waals surface area contributed by atoms with Crippen molar-refractivity contribution in [1.82, 2.24) is 9.55 Å². The van der Waals surface area contributed by atoms with E-state index in [-0.39, 0.29) is 0 Å². The molecule has 7 nitrogen and oxygen atoms in total. The van der Waals surface area contributed by atoms with Crippen LogP contribution in [0.5, 0.6) is 0 Å². The highest BCUT2D eigenvalue weighted by molar-refractivity contribution is 9.28. The Hall–Kier alpha value is -1.00. The Bertz CT molecular complexity index is 677. The minimum absolute atomic E-state index is 0.548. The van der Waals surface area contributed by atoms with Crippen molar-refractivity contribution < 1.29 is 14.9 Å². The minimum Gasteiger partial charge on any atom is -0.387 e. The van der Waals surface area contributed by atoms with Gasteiger partial charge >= 0.3 is 5.69 Å². The third kappa shape index (κ3) is 3.80. The van der Waals surface area contributed by atoms with E-state index in [1.54, 1.807) is 18.2 Å². The number of nitrogens with zero attached hydrogens (tertiary/aromatic N) is 1. The molecule has 0 aliphatic carbocycles. The molecule has 0 amide bonds. The van der Waals surface area contributed by atoms with Gasteiger partial charge in [0.15, 0.2) is 6.23 Å². The summed E-state index contributed by atoms with van der Waals surface area (Å²) in [5.41, 5.74) is -1.26. The van der Waals surface area contributed by atoms with Crippen LogP contribution >= 0.6 is 31.9 Å². The van der Waals surface area contributed by atoms with Gasteiger partial charge in [-0.05, 0) is 37.9 Å². The number of aromatic nitrogens is 2. The van der Waals surface area contributed by atoms with Gasteiger partial charge in [-0.2, -0.15) is 0 Å². The quantitative estimate of drug-likeness (QED) is 0.608. The third-order valence-electron chi connectivity index (χ3n) is 2.92. The monoisotopic (exact) mass is 422 g/mol. The lowest BCUT2D eigenvalue weighted by Crippen LogP contribution is -2.37. The molecule has 2 heterocycles. The number of aromatic amines is 1. The fourth-order valence-corrected chi connectivity index (χ4v) is 2.25. The van der Waals surface area contributed by atoms with Crippen LogP contribution in [0.2, 0.25) is 0 Å². The van der Waals surface area contributed by atoms with Crippen LogP contribution < -0.4 is 11.2 Å². The number of hydrogen-bond donors (Lipinski definition) is 3. The molecule has 21 heavy (non-hydrogen) atoms. The summed E-state index contributed by atoms with van der Waals surface area (Å²) in [6, 6.07) is 1.14. The summed E-state index contributed by atoms with van der Waals surface area (Å²) in [4.78, 5) is 24.8. The first-order valence-electron chi connectivity index (χ1n) is 5.92. The zero-order valence-electron chi connectivity index (χ0n) is 10.5. The lowest BCUT2D eigenvalue weighted by atomic mass is 10.1. The molecule has 0 radical (unpaired) electrons. The first-order valence-corrected chi connectivity index (χ1v) is 7.51. The summed E-state index contributed by atoms with van der Waals surface area (Å²) in [5, 5.41) is 19.9. The number of halogens is 2. The van der Waals surface area contributed by atoms with Crippen LogP contribution in [0.15, 0.2) is 43.5 Å². The minimum atomic E-state index is -1.29. The second-order valence-electron chi connectivity index (χ2n) is 4.33. The Labute approximate surface area is 135 Å². The standard InChI is InChI=1S/C12H12Br2N2O5/c13-7(14)3-1-2-6-9(18)10(19)11(21-6)16-5-4-8(17)15-12(16)20/h1-6,9-11,18-19H,(H,15,17,20)/b2-1+. The van der Waals surface area contributed by atoms with Crippen LogP contribution in [0.1, 0.15) is 6.23 Å². The van der Waals surface area contributed by atoms with Gasteiger partial charge in [-0.15, -0.1) is 0 Å². The second kappa shape index (κ2) is 6.84. The number of ether oxygens (including phenoxy) is 1. The van der Waals surface area contributed by atoms with Gasteiger partial charge in [0.05, 0.1) is 3.39 Å². The van der Waals surface area contributed by atoms with Gasteiger partial charge in [0.1, 0.15) is 18.3 Å². The molecule has 0 aromatic carbocycles. The van der Waals surface area contributed by atoms with Gasteiger partial charge < -0.3 is 14.9 Å². The molecule has 1 aromatic heterocycles. The average molecular weight is 424 g/mol. The molecule has 1 fully saturated rings. The smallest absolute Gasteiger partial charge is 0.330 e. The summed E-state index contributed by atoms with van der Waals surface area (Å²) in [6.07, 6.45) is 1.72. The van der Waals surface area contributed by atoms with Crippen molar-refractivity contribution in [2.24, 2.45) is 0 Å². The largest absolute Gasteiger partial charge is 0.387 e. The number of rotatable bonds is 3. The lowest BCUT2D eigenvalue weighted by molar-refractivity contribution is -0.0297. The van der Waals surface area contributed by atoms with E-state index in [4.69, 9.17) is 4.74 Å². The molecule has 1 saturated heterocycles. The Morgan fingerprint density at radius 3 is 2.67 bits per heavy atom. The second-order valence-corrected chi connectivity index (χ2v) is 7.10. The zero-order chi connectivity index (χ0) is 15.6. The number of allylic oxidation sites excluding steroid dienone is 2. The van der Waals surface area contributed by atoms with E-state index >= 15 is 0 Å². The van der Waals surface area contributed by atoms with Crippen LogP contribution in [0, 0.1) is 0 Å². The number of hydrogen-bond acceptors (Lipinski definition) is 5. The normalized spacial score (nSPS) is 29.0. The Morgan fingerprint density at radius 1 is 1.33 bits per heavy atom. The predicted octanol–water partition coefficient (Wildman–Crippen LogP) is 0.343. The van der Waals surface area contributed by atoms with Crippen molar-refractivity contribution >= 4 is 31.9 Å². The number of aliphatic hydroxyl groups is 2. The summed E-state index contributed by atoms with van der Waals surface area (Å²) in [6.45, 7) is 0. The molecule has 4 unspecified atom stereocenters. The summed E-state index contributed by atoms with van der Waals surface area (Å²) in [5.74, 6) is 0. The molecule has 3 N–H and O–H groups in total. The van der Waals surface area contributed by atoms with Crippen LogP contribution in [0.3, 0.4) is 0 Å². The van der Waals surface area contributed by atoms with Gasteiger partial charge in [-0.1, -0.05) is 12.2 Å². The number of aliphatic hydroxyl groups excluding tert-OH is 2. The van der Waals surface area contributed by atoms with Crippen LogP contribution in [-0.2, 0) is 4.74 Å². The van der Waals surface area contributed by atoms with Crippen molar-refractivity contribution in [2.45, 2.75) is 24.5 Å². The Balaban J connectivity index is 2.23. The highest BCUT2D eigenvalue weighted by Crippen LogP contribution is 2.29. The fraction of sp³-hybridized carbons (Fsp3) is 0.333. The molecule has 9 heteroatoms. The van der Waals surface area contributed by atoms with E-state index in [0.29, 0.717) is 3.39 Å². The van der Waals surface area contributed by atoms with Gasteiger partial charge in [0, 0.05) is 12.3 Å². The third-order valence-corrected chi connectivity index (χ3v) is 3.45. The first-order chi connectivity index (χ1) is 9.90. The van der Waals surface area contributed by atoms with Crippen molar-refractivity contribution in [2.75, 3.05) is 0 Å². The molecule has 0 spiro atoms. The molecular formula is C12H12Br2N2O5. The maximum Gasteiger partial charge on any atom is 0.330 e. The zero-order valence-corrected chi connectivity index (χ0v) is 13.7. The molecule has 4 atom stereocenters. The maximum atomic E-state index is 11.7. The van der Waals surface area contributed by atoms with Gasteiger partial charge in [-0.25, -0.2) is 4.79 Å². The molecule has 2 rings (SSSR count). The van der Waals surface area contributed by atoms with Crippen LogP contribution in [0.25, 0.3) is 0 Å². The maximum absolute atomic E-state index is 11.7. The summed E-state index contributed by atoms with van der Waals surface area (Å²) in [7, 11) is 0.